The lowest BCUT2D eigenvalue weighted by Gasteiger charge is -2.44. The number of hydrogen-bond acceptors (Lipinski definition) is 2. The number of nitrogens with one attached hydrogen (secondary N) is 1. The maximum atomic E-state index is 12.1. The summed E-state index contributed by atoms with van der Waals surface area (Å²) in [7, 11) is 1.88. The minimum atomic E-state index is 0.0887. The molecule has 0 saturated carbocycles. The number of fused-ring (bicyclic) bond motifs is 2. The van der Waals surface area contributed by atoms with Crippen LogP contribution in [0.4, 0.5) is 5.69 Å². The molecule has 0 bridgehead atoms. The number of hydrogen-bond donors (Lipinski definition) is 1. The van der Waals surface area contributed by atoms with E-state index in [-0.39, 0.29) is 11.3 Å². The van der Waals surface area contributed by atoms with Crippen molar-refractivity contribution < 1.29 is 4.79 Å². The minimum Gasteiger partial charge on any atom is -0.317 e. The number of carbonyl (C=O) groups excluding carboxylic acids is 1. The van der Waals surface area contributed by atoms with E-state index in [4.69, 9.17) is 0 Å². The largest absolute Gasteiger partial charge is 0.317 e. The number of nitrogens with zero attached hydrogens (tertiary/aromatic N) is 1. The summed E-state index contributed by atoms with van der Waals surface area (Å²) in [6.07, 6.45) is 2.81. The van der Waals surface area contributed by atoms with Crippen LogP contribution in [-0.2, 0) is 10.2 Å². The molecule has 1 N–H and O–H groups in total. The van der Waals surface area contributed by atoms with Crippen LogP contribution >= 0.6 is 0 Å². The first kappa shape index (κ1) is 10.8. The maximum Gasteiger partial charge on any atom is 0.227 e. The van der Waals surface area contributed by atoms with Gasteiger partial charge in [-0.05, 0) is 37.6 Å². The molecule has 1 fully saturated rings. The van der Waals surface area contributed by atoms with Crippen LogP contribution in [-0.4, -0.2) is 26.0 Å². The minimum absolute atomic E-state index is 0.0887. The molecule has 1 aromatic rings. The van der Waals surface area contributed by atoms with E-state index in [0.717, 1.165) is 31.6 Å². The molecule has 1 amide bonds. The molecule has 3 heteroatoms. The molecule has 1 spiro atoms. The highest BCUT2D eigenvalue weighted by Crippen LogP contribution is 2.45. The molecule has 0 aliphatic carbocycles. The van der Waals surface area contributed by atoms with Crippen molar-refractivity contribution in [2.24, 2.45) is 0 Å². The highest BCUT2D eigenvalue weighted by atomic mass is 16.2. The Morgan fingerprint density at radius 2 is 1.94 bits per heavy atom. The van der Waals surface area contributed by atoms with Crippen molar-refractivity contribution in [1.82, 2.24) is 5.32 Å². The van der Waals surface area contributed by atoms with Gasteiger partial charge in [0, 0.05) is 24.6 Å². The molecule has 3 nitrogen and oxygen atoms in total. The van der Waals surface area contributed by atoms with Crippen molar-refractivity contribution in [1.29, 1.82) is 0 Å². The molecule has 1 aromatic carbocycles. The first-order valence-electron chi connectivity index (χ1n) is 6.30. The van der Waals surface area contributed by atoms with Gasteiger partial charge in [-0.15, -0.1) is 0 Å². The smallest absolute Gasteiger partial charge is 0.227 e. The number of amides is 1. The second-order valence-corrected chi connectivity index (χ2v) is 5.18. The topological polar surface area (TPSA) is 32.3 Å². The van der Waals surface area contributed by atoms with Gasteiger partial charge in [0.2, 0.25) is 5.91 Å². The van der Waals surface area contributed by atoms with E-state index in [1.54, 1.807) is 0 Å². The van der Waals surface area contributed by atoms with E-state index in [1.165, 1.54) is 5.56 Å². The average molecular weight is 230 g/mol. The van der Waals surface area contributed by atoms with Gasteiger partial charge < -0.3 is 10.2 Å². The van der Waals surface area contributed by atoms with Gasteiger partial charge in [0.1, 0.15) is 0 Å². The summed E-state index contributed by atoms with van der Waals surface area (Å²) >= 11 is 0. The summed E-state index contributed by atoms with van der Waals surface area (Å²) in [5, 5.41) is 3.39. The third kappa shape index (κ3) is 1.57. The Hall–Kier alpha value is -1.35. The summed E-state index contributed by atoms with van der Waals surface area (Å²) in [4.78, 5) is 13.9. The monoisotopic (exact) mass is 230 g/mol. The van der Waals surface area contributed by atoms with Crippen LogP contribution in [0.3, 0.4) is 0 Å². The molecular formula is C14H18N2O. The summed E-state index contributed by atoms with van der Waals surface area (Å²) in [5.41, 5.74) is 2.56. The third-order valence-corrected chi connectivity index (χ3v) is 4.26. The van der Waals surface area contributed by atoms with Gasteiger partial charge in [0.25, 0.3) is 0 Å². The van der Waals surface area contributed by atoms with E-state index in [2.05, 4.69) is 23.5 Å². The predicted octanol–water partition coefficient (Wildman–Crippen LogP) is 1.67. The summed E-state index contributed by atoms with van der Waals surface area (Å²) < 4.78 is 0. The van der Waals surface area contributed by atoms with Crippen LogP contribution in [0.25, 0.3) is 0 Å². The number of benzene rings is 1. The Kier molecular flexibility index (Phi) is 2.44. The molecule has 2 aliphatic heterocycles. The van der Waals surface area contributed by atoms with Crippen molar-refractivity contribution >= 4 is 11.6 Å². The summed E-state index contributed by atoms with van der Waals surface area (Å²) in [6.45, 7) is 2.04. The molecule has 90 valence electrons. The van der Waals surface area contributed by atoms with Crippen molar-refractivity contribution in [3.8, 4) is 0 Å². The van der Waals surface area contributed by atoms with Crippen LogP contribution < -0.4 is 10.2 Å². The SMILES string of the molecule is CN1C(=O)CC2(CCNCC2)c2ccccc21. The maximum absolute atomic E-state index is 12.1. The second kappa shape index (κ2) is 3.84. The Morgan fingerprint density at radius 3 is 2.71 bits per heavy atom. The molecule has 2 heterocycles. The fraction of sp³-hybridized carbons (Fsp3) is 0.500. The number of anilines is 1. The molecular weight excluding hydrogens is 212 g/mol. The second-order valence-electron chi connectivity index (χ2n) is 5.18. The van der Waals surface area contributed by atoms with Crippen LogP contribution in [0.5, 0.6) is 0 Å². The van der Waals surface area contributed by atoms with Crippen LogP contribution in [0.2, 0.25) is 0 Å². The number of para-hydroxylation sites is 1. The fourth-order valence-corrected chi connectivity index (χ4v) is 3.20. The van der Waals surface area contributed by atoms with Gasteiger partial charge in [-0.1, -0.05) is 18.2 Å². The van der Waals surface area contributed by atoms with Crippen LogP contribution in [0, 0.1) is 0 Å². The Balaban J connectivity index is 2.12. The van der Waals surface area contributed by atoms with E-state index in [9.17, 15) is 4.79 Å². The number of carbonyl (C=O) groups is 1. The third-order valence-electron chi connectivity index (χ3n) is 4.26. The molecule has 0 atom stereocenters. The lowest BCUT2D eigenvalue weighted by Crippen LogP contribution is -2.48. The van der Waals surface area contributed by atoms with E-state index in [0.29, 0.717) is 6.42 Å². The first-order valence-corrected chi connectivity index (χ1v) is 6.30. The quantitative estimate of drug-likeness (QED) is 0.735. The standard InChI is InChI=1S/C14H18N2O/c1-16-12-5-3-2-4-11(12)14(10-13(16)17)6-8-15-9-7-14/h2-5,15H,6-10H2,1H3. The molecule has 0 aromatic heterocycles. The normalized spacial score (nSPS) is 22.6. The predicted molar refractivity (Wildman–Crippen MR) is 68.3 cm³/mol. The fourth-order valence-electron chi connectivity index (χ4n) is 3.20. The molecule has 3 rings (SSSR count). The zero-order valence-corrected chi connectivity index (χ0v) is 10.2. The lowest BCUT2D eigenvalue weighted by molar-refractivity contribution is -0.120. The van der Waals surface area contributed by atoms with Gasteiger partial charge in [0.05, 0.1) is 0 Å². The highest BCUT2D eigenvalue weighted by molar-refractivity contribution is 5.97. The van der Waals surface area contributed by atoms with E-state index < -0.39 is 0 Å². The Bertz CT molecular complexity index is 449. The molecule has 0 unspecified atom stereocenters. The first-order chi connectivity index (χ1) is 8.23. The van der Waals surface area contributed by atoms with Gasteiger partial charge in [-0.25, -0.2) is 0 Å². The molecule has 0 radical (unpaired) electrons. The van der Waals surface area contributed by atoms with Crippen molar-refractivity contribution in [2.75, 3.05) is 25.0 Å². The Morgan fingerprint density at radius 1 is 1.24 bits per heavy atom. The number of piperidine rings is 1. The van der Waals surface area contributed by atoms with Crippen LogP contribution in [0.1, 0.15) is 24.8 Å². The highest BCUT2D eigenvalue weighted by Gasteiger charge is 2.42. The number of rotatable bonds is 0. The molecule has 17 heavy (non-hydrogen) atoms. The van der Waals surface area contributed by atoms with E-state index in [1.807, 2.05) is 18.0 Å². The van der Waals surface area contributed by atoms with E-state index >= 15 is 0 Å². The van der Waals surface area contributed by atoms with Gasteiger partial charge in [-0.3, -0.25) is 4.79 Å². The zero-order chi connectivity index (χ0) is 11.9. The van der Waals surface area contributed by atoms with Crippen molar-refractivity contribution in [2.45, 2.75) is 24.7 Å². The van der Waals surface area contributed by atoms with Crippen molar-refractivity contribution in [3.05, 3.63) is 29.8 Å². The van der Waals surface area contributed by atoms with Crippen molar-refractivity contribution in [3.63, 3.8) is 0 Å². The summed E-state index contributed by atoms with van der Waals surface area (Å²) in [5.74, 6) is 0.255. The van der Waals surface area contributed by atoms with Crippen LogP contribution in [0.15, 0.2) is 24.3 Å². The molecule has 1 saturated heterocycles. The van der Waals surface area contributed by atoms with Gasteiger partial charge in [-0.2, -0.15) is 0 Å². The average Bonchev–Trinajstić information content (AvgIpc) is 2.38. The van der Waals surface area contributed by atoms with Gasteiger partial charge >= 0.3 is 0 Å². The Labute approximate surface area is 102 Å². The molecule has 2 aliphatic rings. The lowest BCUT2D eigenvalue weighted by atomic mass is 9.68. The summed E-state index contributed by atoms with van der Waals surface area (Å²) in [6, 6.07) is 8.37. The van der Waals surface area contributed by atoms with Gasteiger partial charge in [0.15, 0.2) is 0 Å². The zero-order valence-electron chi connectivity index (χ0n) is 10.2.